The van der Waals surface area contributed by atoms with Crippen LogP contribution in [0.15, 0.2) is 48.5 Å². The van der Waals surface area contributed by atoms with Gasteiger partial charge in [0.1, 0.15) is 12.4 Å². The van der Waals surface area contributed by atoms with Crippen LogP contribution in [0.1, 0.15) is 36.0 Å². The second-order valence-corrected chi connectivity index (χ2v) is 6.27. The molecule has 2 rings (SSSR count). The van der Waals surface area contributed by atoms with Crippen molar-refractivity contribution < 1.29 is 4.74 Å². The van der Waals surface area contributed by atoms with Crippen molar-refractivity contribution in [2.24, 2.45) is 17.4 Å². The quantitative estimate of drug-likeness (QED) is 0.783. The van der Waals surface area contributed by atoms with Gasteiger partial charge in [-0.2, -0.15) is 0 Å². The third kappa shape index (κ3) is 5.08. The first-order valence-electron chi connectivity index (χ1n) is 8.31. The van der Waals surface area contributed by atoms with Crippen molar-refractivity contribution in [2.75, 3.05) is 13.1 Å². The summed E-state index contributed by atoms with van der Waals surface area (Å²) in [5.74, 6) is 1.75. The fourth-order valence-electron chi connectivity index (χ4n) is 2.95. The minimum absolute atomic E-state index is 0.387. The molecule has 2 aromatic rings. The summed E-state index contributed by atoms with van der Waals surface area (Å²) in [6.45, 7) is 6.28. The first-order valence-corrected chi connectivity index (χ1v) is 8.31. The Bertz CT molecular complexity index is 594. The topological polar surface area (TPSA) is 61.3 Å². The van der Waals surface area contributed by atoms with Crippen molar-refractivity contribution >= 4 is 0 Å². The van der Waals surface area contributed by atoms with Gasteiger partial charge in [-0.05, 0) is 67.1 Å². The van der Waals surface area contributed by atoms with Crippen molar-refractivity contribution in [2.45, 2.75) is 32.8 Å². The zero-order chi connectivity index (χ0) is 16.7. The Labute approximate surface area is 139 Å². The van der Waals surface area contributed by atoms with Crippen LogP contribution in [0.4, 0.5) is 0 Å². The summed E-state index contributed by atoms with van der Waals surface area (Å²) >= 11 is 0. The fourth-order valence-corrected chi connectivity index (χ4v) is 2.95. The maximum absolute atomic E-state index is 5.89. The van der Waals surface area contributed by atoms with Gasteiger partial charge in [0, 0.05) is 0 Å². The largest absolute Gasteiger partial charge is 0.489 e. The number of ether oxygens (including phenoxy) is 1. The van der Waals surface area contributed by atoms with E-state index in [1.165, 1.54) is 16.7 Å². The van der Waals surface area contributed by atoms with E-state index in [0.717, 1.165) is 12.2 Å². The molecule has 3 heteroatoms. The van der Waals surface area contributed by atoms with E-state index in [4.69, 9.17) is 16.2 Å². The molecule has 23 heavy (non-hydrogen) atoms. The summed E-state index contributed by atoms with van der Waals surface area (Å²) in [7, 11) is 0. The van der Waals surface area contributed by atoms with E-state index in [-0.39, 0.29) is 0 Å². The number of rotatable bonds is 8. The second kappa shape index (κ2) is 8.70. The van der Waals surface area contributed by atoms with Crippen LogP contribution in [-0.2, 0) is 6.61 Å². The summed E-state index contributed by atoms with van der Waals surface area (Å²) in [5, 5.41) is 0. The molecule has 124 valence electrons. The number of hydrogen-bond acceptors (Lipinski definition) is 3. The zero-order valence-electron chi connectivity index (χ0n) is 14.2. The molecule has 0 saturated heterocycles. The van der Waals surface area contributed by atoms with Crippen molar-refractivity contribution in [3.05, 3.63) is 65.2 Å². The van der Waals surface area contributed by atoms with Crippen molar-refractivity contribution in [1.82, 2.24) is 0 Å². The SMILES string of the molecule is Cc1cc(OCc2ccccc2)ccc1C(C)CC(CN)CN. The molecule has 0 aromatic heterocycles. The molecule has 0 radical (unpaired) electrons. The maximum Gasteiger partial charge on any atom is 0.120 e. The zero-order valence-corrected chi connectivity index (χ0v) is 14.2. The van der Waals surface area contributed by atoms with Crippen LogP contribution in [0.2, 0.25) is 0 Å². The van der Waals surface area contributed by atoms with E-state index < -0.39 is 0 Å². The maximum atomic E-state index is 5.89. The summed E-state index contributed by atoms with van der Waals surface area (Å²) in [6.07, 6.45) is 1.03. The Morgan fingerprint density at radius 2 is 1.70 bits per heavy atom. The molecule has 1 atom stereocenters. The van der Waals surface area contributed by atoms with Gasteiger partial charge in [-0.15, -0.1) is 0 Å². The lowest BCUT2D eigenvalue weighted by Gasteiger charge is -2.20. The van der Waals surface area contributed by atoms with Gasteiger partial charge in [-0.1, -0.05) is 43.3 Å². The Morgan fingerprint density at radius 3 is 2.30 bits per heavy atom. The average Bonchev–Trinajstić information content (AvgIpc) is 2.58. The minimum Gasteiger partial charge on any atom is -0.489 e. The molecule has 2 aromatic carbocycles. The summed E-state index contributed by atoms with van der Waals surface area (Å²) in [4.78, 5) is 0. The molecule has 0 fully saturated rings. The van der Waals surface area contributed by atoms with Crippen LogP contribution in [0.5, 0.6) is 5.75 Å². The first kappa shape index (κ1) is 17.5. The molecule has 0 aliphatic heterocycles. The van der Waals surface area contributed by atoms with Crippen LogP contribution in [0, 0.1) is 12.8 Å². The molecule has 3 nitrogen and oxygen atoms in total. The molecule has 0 amide bonds. The lowest BCUT2D eigenvalue weighted by Crippen LogP contribution is -2.24. The van der Waals surface area contributed by atoms with Crippen LogP contribution < -0.4 is 16.2 Å². The van der Waals surface area contributed by atoms with Crippen LogP contribution in [0.25, 0.3) is 0 Å². The lowest BCUT2D eigenvalue weighted by molar-refractivity contribution is 0.306. The highest BCUT2D eigenvalue weighted by molar-refractivity contribution is 5.37. The van der Waals surface area contributed by atoms with Crippen molar-refractivity contribution in [3.8, 4) is 5.75 Å². The molecule has 0 aliphatic rings. The monoisotopic (exact) mass is 312 g/mol. The predicted molar refractivity (Wildman–Crippen MR) is 96.6 cm³/mol. The van der Waals surface area contributed by atoms with Gasteiger partial charge in [0.05, 0.1) is 0 Å². The molecule has 0 bridgehead atoms. The summed E-state index contributed by atoms with van der Waals surface area (Å²) < 4.78 is 5.89. The first-order chi connectivity index (χ1) is 11.1. The molecule has 0 saturated carbocycles. The van der Waals surface area contributed by atoms with Gasteiger partial charge in [-0.25, -0.2) is 0 Å². The smallest absolute Gasteiger partial charge is 0.120 e. The number of hydrogen-bond donors (Lipinski definition) is 2. The Morgan fingerprint density at radius 1 is 1.00 bits per heavy atom. The van der Waals surface area contributed by atoms with Gasteiger partial charge in [0.15, 0.2) is 0 Å². The lowest BCUT2D eigenvalue weighted by atomic mass is 9.88. The van der Waals surface area contributed by atoms with Crippen LogP contribution in [0.3, 0.4) is 0 Å². The highest BCUT2D eigenvalue weighted by Gasteiger charge is 2.14. The standard InChI is InChI=1S/C20H28N2O/c1-15(10-18(12-21)13-22)20-9-8-19(11-16(20)2)23-14-17-6-4-3-5-7-17/h3-9,11,15,18H,10,12-14,21-22H2,1-2H3. The molecule has 0 heterocycles. The van der Waals surface area contributed by atoms with E-state index in [9.17, 15) is 0 Å². The highest BCUT2D eigenvalue weighted by atomic mass is 16.5. The number of benzene rings is 2. The van der Waals surface area contributed by atoms with E-state index in [1.807, 2.05) is 18.2 Å². The molecular weight excluding hydrogens is 284 g/mol. The molecular formula is C20H28N2O. The summed E-state index contributed by atoms with van der Waals surface area (Å²) in [6, 6.07) is 16.6. The second-order valence-electron chi connectivity index (χ2n) is 6.27. The normalized spacial score (nSPS) is 12.4. The van der Waals surface area contributed by atoms with Gasteiger partial charge < -0.3 is 16.2 Å². The predicted octanol–water partition coefficient (Wildman–Crippen LogP) is 3.60. The summed E-state index contributed by atoms with van der Waals surface area (Å²) in [5.41, 5.74) is 15.3. The average molecular weight is 312 g/mol. The fraction of sp³-hybridized carbons (Fsp3) is 0.400. The van der Waals surface area contributed by atoms with Gasteiger partial charge in [0.25, 0.3) is 0 Å². The van der Waals surface area contributed by atoms with E-state index in [2.05, 4.69) is 44.2 Å². The van der Waals surface area contributed by atoms with Crippen molar-refractivity contribution in [1.29, 1.82) is 0 Å². The van der Waals surface area contributed by atoms with Crippen LogP contribution >= 0.6 is 0 Å². The molecule has 0 aliphatic carbocycles. The third-order valence-corrected chi connectivity index (χ3v) is 4.37. The minimum atomic E-state index is 0.387. The number of nitrogens with two attached hydrogens (primary N) is 2. The van der Waals surface area contributed by atoms with Crippen LogP contribution in [-0.4, -0.2) is 13.1 Å². The molecule has 1 unspecified atom stereocenters. The van der Waals surface area contributed by atoms with E-state index in [0.29, 0.717) is 31.5 Å². The van der Waals surface area contributed by atoms with E-state index >= 15 is 0 Å². The Kier molecular flexibility index (Phi) is 6.63. The van der Waals surface area contributed by atoms with Gasteiger partial charge >= 0.3 is 0 Å². The van der Waals surface area contributed by atoms with Crippen molar-refractivity contribution in [3.63, 3.8) is 0 Å². The molecule has 4 N–H and O–H groups in total. The highest BCUT2D eigenvalue weighted by Crippen LogP contribution is 2.28. The third-order valence-electron chi connectivity index (χ3n) is 4.37. The number of aryl methyl sites for hydroxylation is 1. The molecule has 0 spiro atoms. The van der Waals surface area contributed by atoms with Gasteiger partial charge in [-0.3, -0.25) is 0 Å². The van der Waals surface area contributed by atoms with E-state index in [1.54, 1.807) is 0 Å². The Balaban J connectivity index is 1.99. The Hall–Kier alpha value is -1.84. The van der Waals surface area contributed by atoms with Gasteiger partial charge in [0.2, 0.25) is 0 Å².